The van der Waals surface area contributed by atoms with Gasteiger partial charge >= 0.3 is 11.4 Å². The normalized spacial score (nSPS) is 34.7. The minimum Gasteiger partial charge on any atom is -0.756 e. The van der Waals surface area contributed by atoms with Crippen molar-refractivity contribution in [2.75, 3.05) is 31.3 Å². The molecule has 23 heteroatoms. The Hall–Kier alpha value is -2.24. The van der Waals surface area contributed by atoms with Gasteiger partial charge in [-0.05, 0) is 18.6 Å². The summed E-state index contributed by atoms with van der Waals surface area (Å²) in [4.78, 5) is 42.6. The van der Waals surface area contributed by atoms with E-state index in [9.17, 15) is 43.1 Å². The van der Waals surface area contributed by atoms with Crippen molar-refractivity contribution in [2.45, 2.75) is 70.4 Å². The van der Waals surface area contributed by atoms with Crippen LogP contribution >= 0.6 is 31.3 Å². The molecular formula is C24H34BF2N6O11PS2. The third-order valence-corrected chi connectivity index (χ3v) is 11.1. The maximum Gasteiger partial charge on any atom is 0.350 e. The number of phosphoric ester groups is 1. The summed E-state index contributed by atoms with van der Waals surface area (Å²) in [5, 5.41) is 34.0. The Kier molecular flexibility index (Phi) is 13.7. The van der Waals surface area contributed by atoms with Gasteiger partial charge in [0.1, 0.15) is 48.5 Å². The summed E-state index contributed by atoms with van der Waals surface area (Å²) < 4.78 is 57.6. The number of nitrogens with two attached hydrogens (primary N) is 2. The summed E-state index contributed by atoms with van der Waals surface area (Å²) in [5.41, 5.74) is 9.24. The summed E-state index contributed by atoms with van der Waals surface area (Å²) in [6.45, 7) is -1.52. The van der Waals surface area contributed by atoms with Gasteiger partial charge in [0.2, 0.25) is 0 Å². The van der Waals surface area contributed by atoms with E-state index in [1.165, 1.54) is 24.5 Å². The van der Waals surface area contributed by atoms with Gasteiger partial charge in [-0.1, -0.05) is 0 Å². The number of thioether (sulfide) groups is 2. The molecule has 260 valence electrons. The predicted octanol–water partition coefficient (Wildman–Crippen LogP) is -2.13. The Morgan fingerprint density at radius 3 is 1.98 bits per heavy atom. The molecule has 2 aromatic heterocycles. The molecule has 0 aliphatic carbocycles. The van der Waals surface area contributed by atoms with E-state index in [0.29, 0.717) is 0 Å². The maximum atomic E-state index is 15.0. The fraction of sp³-hybridized carbons (Fsp3) is 0.625. The topological polar surface area (TPSA) is 271 Å². The van der Waals surface area contributed by atoms with Crippen LogP contribution in [0.2, 0.25) is 0 Å². The number of ether oxygens (including phenoxy) is 1. The van der Waals surface area contributed by atoms with Gasteiger partial charge < -0.3 is 50.6 Å². The van der Waals surface area contributed by atoms with Crippen LogP contribution in [-0.2, 0) is 18.3 Å². The first-order valence-corrected chi connectivity index (χ1v) is 16.9. The molecule has 3 fully saturated rings. The third-order valence-electron chi connectivity index (χ3n) is 7.07. The molecule has 3 saturated heterocycles. The van der Waals surface area contributed by atoms with E-state index in [1.54, 1.807) is 0 Å². The molecule has 17 nitrogen and oxygen atoms in total. The number of rotatable bonds is 9. The number of aromatic nitrogens is 4. The lowest BCUT2D eigenvalue weighted by molar-refractivity contribution is -0.234. The molecule has 0 bridgehead atoms. The molecule has 0 spiro atoms. The predicted molar refractivity (Wildman–Crippen MR) is 167 cm³/mol. The van der Waals surface area contributed by atoms with Gasteiger partial charge in [0.25, 0.3) is 7.82 Å². The van der Waals surface area contributed by atoms with E-state index in [2.05, 4.69) is 9.97 Å². The molecule has 0 aromatic carbocycles. The van der Waals surface area contributed by atoms with Crippen LogP contribution in [0.5, 0.6) is 0 Å². The van der Waals surface area contributed by atoms with Gasteiger partial charge in [0, 0.05) is 25.8 Å². The Balaban J connectivity index is 0.000000284. The number of halogens is 2. The molecule has 0 amide bonds. The molecule has 47 heavy (non-hydrogen) atoms. The second-order valence-corrected chi connectivity index (χ2v) is 14.4. The van der Waals surface area contributed by atoms with Crippen molar-refractivity contribution in [1.29, 1.82) is 0 Å². The highest BCUT2D eigenvalue weighted by molar-refractivity contribution is 8.00. The number of nitrogens with zero attached hydrogens (tertiary/aromatic N) is 4. The molecule has 1 unspecified atom stereocenters. The van der Waals surface area contributed by atoms with Crippen LogP contribution in [0.3, 0.4) is 0 Å². The molecule has 2 radical (unpaired) electrons. The van der Waals surface area contributed by atoms with Crippen LogP contribution in [0.1, 0.15) is 17.2 Å². The van der Waals surface area contributed by atoms with Gasteiger partial charge in [-0.25, -0.2) is 18.4 Å². The second-order valence-electron chi connectivity index (χ2n) is 10.3. The number of aliphatic hydroxyl groups excluding tert-OH is 4. The van der Waals surface area contributed by atoms with Crippen molar-refractivity contribution >= 4 is 50.8 Å². The molecule has 3 aliphatic rings. The van der Waals surface area contributed by atoms with Crippen LogP contribution in [0.25, 0.3) is 0 Å². The summed E-state index contributed by atoms with van der Waals surface area (Å²) in [5.74, 6) is 0.00794. The monoisotopic (exact) mass is 726 g/mol. The number of hydrogen-bond acceptors (Lipinski definition) is 17. The van der Waals surface area contributed by atoms with E-state index in [-0.39, 0.29) is 32.1 Å². The Bertz CT molecular complexity index is 1520. The Labute approximate surface area is 276 Å². The number of anilines is 2. The van der Waals surface area contributed by atoms with E-state index in [1.807, 2.05) is 0 Å². The zero-order valence-corrected chi connectivity index (χ0v) is 27.2. The highest BCUT2D eigenvalue weighted by Gasteiger charge is 2.48. The zero-order valence-electron chi connectivity index (χ0n) is 24.7. The molecule has 8 N–H and O–H groups in total. The summed E-state index contributed by atoms with van der Waals surface area (Å²) >= 11 is 1.83. The highest BCUT2D eigenvalue weighted by atomic mass is 32.2. The minimum atomic E-state index is -5.04. The minimum absolute atomic E-state index is 0. The SMILES string of the molecule is Nc1ccn([C@@H]2S[C@H](CO)[C@@H](O)[C@@H]2F)c(=O)n1.[B][C@H]1C[C@H](O)[C@@H](COP(=O)([O-])O[C@H]2[C@H](F)[C@H](n3ccc(N)nc3=O)S[C@@H]2CO)O1.[CH3+]. The highest BCUT2D eigenvalue weighted by Crippen LogP contribution is 2.51. The Morgan fingerprint density at radius 2 is 1.53 bits per heavy atom. The average molecular weight is 726 g/mol. The van der Waals surface area contributed by atoms with Gasteiger partial charge in [-0.2, -0.15) is 9.97 Å². The van der Waals surface area contributed by atoms with Crippen LogP contribution in [0.15, 0.2) is 34.1 Å². The number of aliphatic hydroxyl groups is 4. The van der Waals surface area contributed by atoms with E-state index in [4.69, 9.17) is 38.2 Å². The summed E-state index contributed by atoms with van der Waals surface area (Å²) in [7, 11) is 0.461. The lowest BCUT2D eigenvalue weighted by atomic mass is 9.96. The van der Waals surface area contributed by atoms with Crippen molar-refractivity contribution in [1.82, 2.24) is 19.1 Å². The van der Waals surface area contributed by atoms with Gasteiger partial charge in [-0.3, -0.25) is 13.7 Å². The number of hydrogen-bond donors (Lipinski definition) is 6. The van der Waals surface area contributed by atoms with Gasteiger partial charge in [0.15, 0.2) is 12.3 Å². The number of alkyl halides is 2. The zero-order chi connectivity index (χ0) is 33.9. The smallest absolute Gasteiger partial charge is 0.350 e. The van der Waals surface area contributed by atoms with Crippen LogP contribution in [-0.4, -0.2) is 120 Å². The molecule has 0 saturated carbocycles. The second kappa shape index (κ2) is 16.4. The number of phosphoric acid groups is 1. The quantitative estimate of drug-likeness (QED) is 0.0915. The Morgan fingerprint density at radius 1 is 1.02 bits per heavy atom. The van der Waals surface area contributed by atoms with E-state index < -0.39 is 96.4 Å². The lowest BCUT2D eigenvalue weighted by Gasteiger charge is -2.30. The van der Waals surface area contributed by atoms with E-state index in [0.717, 1.165) is 32.7 Å². The lowest BCUT2D eigenvalue weighted by Crippen LogP contribution is -2.36. The van der Waals surface area contributed by atoms with Crippen molar-refractivity contribution in [3.8, 4) is 0 Å². The van der Waals surface area contributed by atoms with Crippen LogP contribution < -0.4 is 27.7 Å². The molecule has 3 aliphatic heterocycles. The van der Waals surface area contributed by atoms with Gasteiger partial charge in [0.05, 0.1) is 36.4 Å². The first-order valence-electron chi connectivity index (χ1n) is 13.6. The molecule has 5 heterocycles. The molecular weight excluding hydrogens is 692 g/mol. The van der Waals surface area contributed by atoms with Crippen LogP contribution in [0.4, 0.5) is 20.4 Å². The maximum absolute atomic E-state index is 15.0. The van der Waals surface area contributed by atoms with Crippen molar-refractivity contribution in [2.24, 2.45) is 0 Å². The fourth-order valence-corrected chi connectivity index (χ4v) is 8.56. The van der Waals surface area contributed by atoms with Crippen molar-refractivity contribution in [3.05, 3.63) is 52.9 Å². The van der Waals surface area contributed by atoms with Gasteiger partial charge in [-0.15, -0.1) is 23.5 Å². The summed E-state index contributed by atoms with van der Waals surface area (Å²) in [6, 6.07) is 1.92. The average Bonchev–Trinajstić information content (AvgIpc) is 3.59. The molecule has 12 atom stereocenters. The van der Waals surface area contributed by atoms with Crippen LogP contribution in [0, 0.1) is 7.43 Å². The third kappa shape index (κ3) is 9.27. The molecule has 5 rings (SSSR count). The standard InChI is InChI=1S/C14H20BFN3O8PS.C9H12FN3O3S.CH3/c15-9-3-6(21)7(26-9)5-25-28(23,24)27-12-8(4-20)29-13(11(12)16)19-2-1-10(17)18-14(19)22;10-6-7(15)4(3-14)17-8(6)13-2-1-5(11)12-9(13)16;/h1-2,6-9,11-13,20-21H,3-5H2,(H,23,24)(H2,17,18,22);1-2,4,6-8,14-15H,3H2,(H2,11,12,16);1H3/q;;+1/p-1/t6-,7+,8+,9+,11-,12+,13+;4-,6+,7-,8-;/m01./s1. The number of nitrogen functional groups attached to an aromatic ring is 2. The van der Waals surface area contributed by atoms with Crippen molar-refractivity contribution in [3.63, 3.8) is 0 Å². The first kappa shape index (κ1) is 39.2. The van der Waals surface area contributed by atoms with Crippen molar-refractivity contribution < 1.29 is 52.4 Å². The summed E-state index contributed by atoms with van der Waals surface area (Å²) in [6.07, 6.45) is -5.83. The first-order chi connectivity index (χ1) is 21.6. The largest absolute Gasteiger partial charge is 0.756 e. The molecule has 2 aromatic rings. The fourth-order valence-electron chi connectivity index (χ4n) is 4.76. The van der Waals surface area contributed by atoms with E-state index >= 15 is 0 Å².